The molecule has 7 heteroatoms. The summed E-state index contributed by atoms with van der Waals surface area (Å²) in [4.78, 5) is 40.9. The number of nitrogens with zero attached hydrogens (tertiary/aromatic N) is 1. The summed E-state index contributed by atoms with van der Waals surface area (Å²) in [6.45, 7) is 4.84. The number of carbonyl (C=O) groups excluding carboxylic acids is 3. The van der Waals surface area contributed by atoms with Crippen LogP contribution in [-0.4, -0.2) is 42.0 Å². The van der Waals surface area contributed by atoms with E-state index in [2.05, 4.69) is 5.32 Å². The molecule has 0 heterocycles. The van der Waals surface area contributed by atoms with Crippen LogP contribution >= 0.6 is 0 Å². The molecule has 1 N–H and O–H groups in total. The lowest BCUT2D eigenvalue weighted by Gasteiger charge is -2.27. The van der Waals surface area contributed by atoms with Crippen LogP contribution in [-0.2, 0) is 38.7 Å². The predicted molar refractivity (Wildman–Crippen MR) is 171 cm³/mol. The molecule has 4 aromatic rings. The summed E-state index contributed by atoms with van der Waals surface area (Å²) in [5, 5.41) is 2.90. The van der Waals surface area contributed by atoms with E-state index in [0.29, 0.717) is 6.54 Å². The fourth-order valence-corrected chi connectivity index (χ4v) is 4.72. The third-order valence-electron chi connectivity index (χ3n) is 7.01. The third kappa shape index (κ3) is 10.4. The number of hydrogen-bond donors (Lipinski definition) is 1. The van der Waals surface area contributed by atoms with Crippen molar-refractivity contribution >= 4 is 18.0 Å². The van der Waals surface area contributed by atoms with E-state index in [1.165, 1.54) is 0 Å². The molecule has 44 heavy (non-hydrogen) atoms. The van der Waals surface area contributed by atoms with Crippen molar-refractivity contribution in [3.8, 4) is 11.1 Å². The molecule has 0 saturated carbocycles. The van der Waals surface area contributed by atoms with E-state index in [0.717, 1.165) is 27.8 Å². The van der Waals surface area contributed by atoms with Crippen molar-refractivity contribution in [2.75, 3.05) is 13.1 Å². The van der Waals surface area contributed by atoms with Crippen LogP contribution in [0.4, 0.5) is 4.79 Å². The van der Waals surface area contributed by atoms with E-state index in [-0.39, 0.29) is 38.5 Å². The van der Waals surface area contributed by atoms with Crippen LogP contribution < -0.4 is 5.32 Å². The number of ether oxygens (including phenoxy) is 2. The Morgan fingerprint density at radius 1 is 0.659 bits per heavy atom. The van der Waals surface area contributed by atoms with E-state index in [1.807, 2.05) is 129 Å². The Morgan fingerprint density at radius 3 is 1.75 bits per heavy atom. The zero-order valence-electron chi connectivity index (χ0n) is 25.4. The molecule has 7 nitrogen and oxygen atoms in total. The molecule has 0 saturated heterocycles. The normalized spacial score (nSPS) is 11.4. The van der Waals surface area contributed by atoms with Crippen LogP contribution in [0.25, 0.3) is 11.1 Å². The predicted octanol–water partition coefficient (Wildman–Crippen LogP) is 6.81. The van der Waals surface area contributed by atoms with Gasteiger partial charge >= 0.3 is 18.0 Å². The lowest BCUT2D eigenvalue weighted by Crippen LogP contribution is -2.50. The van der Waals surface area contributed by atoms with Gasteiger partial charge < -0.3 is 19.7 Å². The topological polar surface area (TPSA) is 84.9 Å². The van der Waals surface area contributed by atoms with Crippen molar-refractivity contribution in [3.05, 3.63) is 132 Å². The van der Waals surface area contributed by atoms with Gasteiger partial charge in [-0.05, 0) is 33.7 Å². The van der Waals surface area contributed by atoms with Crippen molar-refractivity contribution in [1.29, 1.82) is 0 Å². The van der Waals surface area contributed by atoms with Crippen LogP contribution in [0.2, 0.25) is 0 Å². The van der Waals surface area contributed by atoms with E-state index < -0.39 is 24.0 Å². The first kappa shape index (κ1) is 32.0. The van der Waals surface area contributed by atoms with Crippen LogP contribution in [0.1, 0.15) is 37.0 Å². The summed E-state index contributed by atoms with van der Waals surface area (Å²) in [7, 11) is 0. The van der Waals surface area contributed by atoms with Gasteiger partial charge in [0.1, 0.15) is 19.3 Å². The first-order valence-corrected chi connectivity index (χ1v) is 15.0. The second-order valence-corrected chi connectivity index (χ2v) is 11.1. The second kappa shape index (κ2) is 16.7. The average Bonchev–Trinajstić information content (AvgIpc) is 3.05. The second-order valence-electron chi connectivity index (χ2n) is 11.1. The van der Waals surface area contributed by atoms with Gasteiger partial charge in [-0.15, -0.1) is 0 Å². The Hall–Kier alpha value is -4.91. The molecule has 228 valence electrons. The molecule has 0 spiro atoms. The number of amides is 2. The summed E-state index contributed by atoms with van der Waals surface area (Å²) >= 11 is 0. The Bertz CT molecular complexity index is 1460. The van der Waals surface area contributed by atoms with Gasteiger partial charge in [-0.3, -0.25) is 4.79 Å². The van der Waals surface area contributed by atoms with Crippen molar-refractivity contribution in [2.24, 2.45) is 5.92 Å². The Labute approximate surface area is 259 Å². The zero-order valence-corrected chi connectivity index (χ0v) is 25.4. The highest BCUT2D eigenvalue weighted by molar-refractivity contribution is 5.84. The Morgan fingerprint density at radius 2 is 1.18 bits per heavy atom. The van der Waals surface area contributed by atoms with Crippen LogP contribution in [0.5, 0.6) is 0 Å². The fourth-order valence-electron chi connectivity index (χ4n) is 4.72. The lowest BCUT2D eigenvalue weighted by atomic mass is 10.0. The van der Waals surface area contributed by atoms with Gasteiger partial charge in [0.2, 0.25) is 0 Å². The first-order valence-electron chi connectivity index (χ1n) is 15.0. The van der Waals surface area contributed by atoms with Gasteiger partial charge in [-0.25, -0.2) is 9.59 Å². The highest BCUT2D eigenvalue weighted by Crippen LogP contribution is 2.20. The van der Waals surface area contributed by atoms with E-state index in [1.54, 1.807) is 4.90 Å². The summed E-state index contributed by atoms with van der Waals surface area (Å²) < 4.78 is 11.0. The fraction of sp³-hybridized carbons (Fsp3) is 0.270. The molecule has 0 unspecified atom stereocenters. The largest absolute Gasteiger partial charge is 0.461 e. The lowest BCUT2D eigenvalue weighted by molar-refractivity contribution is -0.147. The van der Waals surface area contributed by atoms with Gasteiger partial charge in [0.05, 0.1) is 6.42 Å². The monoisotopic (exact) mass is 592 g/mol. The van der Waals surface area contributed by atoms with Crippen LogP contribution in [0.15, 0.2) is 115 Å². The van der Waals surface area contributed by atoms with Crippen LogP contribution in [0, 0.1) is 5.92 Å². The number of urea groups is 1. The number of nitrogens with one attached hydrogen (secondary N) is 1. The van der Waals surface area contributed by atoms with Crippen LogP contribution in [0.3, 0.4) is 0 Å². The van der Waals surface area contributed by atoms with Gasteiger partial charge in [-0.1, -0.05) is 129 Å². The summed E-state index contributed by atoms with van der Waals surface area (Å²) in [6, 6.07) is 35.5. The Balaban J connectivity index is 1.42. The zero-order chi connectivity index (χ0) is 31.1. The van der Waals surface area contributed by atoms with Gasteiger partial charge in [-0.2, -0.15) is 0 Å². The summed E-state index contributed by atoms with van der Waals surface area (Å²) in [5.41, 5.74) is 4.79. The molecule has 0 aliphatic carbocycles. The molecule has 0 fully saturated rings. The van der Waals surface area contributed by atoms with Crippen molar-refractivity contribution < 1.29 is 23.9 Å². The summed E-state index contributed by atoms with van der Waals surface area (Å²) in [6.07, 6.45) is 0.292. The number of carbonyl (C=O) groups is 3. The molecular weight excluding hydrogens is 552 g/mol. The maximum absolute atomic E-state index is 13.5. The highest BCUT2D eigenvalue weighted by atomic mass is 16.5. The van der Waals surface area contributed by atoms with E-state index in [9.17, 15) is 14.4 Å². The van der Waals surface area contributed by atoms with Crippen molar-refractivity contribution in [2.45, 2.75) is 45.9 Å². The molecular formula is C37H40N2O5. The van der Waals surface area contributed by atoms with E-state index >= 15 is 0 Å². The smallest absolute Gasteiger partial charge is 0.329 e. The standard InChI is InChI=1S/C37H40N2O5/c1-28(2)25-39(23-22-35(40)43-26-30-12-6-3-7-13-30)37(42)38-34(36(41)44-27-31-14-8-4-9-15-31)24-29-18-20-33(21-19-29)32-16-10-5-11-17-32/h3-21,28,34H,22-27H2,1-2H3,(H,38,42)/t34-/m0/s1. The minimum atomic E-state index is -0.923. The third-order valence-corrected chi connectivity index (χ3v) is 7.01. The molecule has 0 aromatic heterocycles. The molecule has 4 rings (SSSR count). The number of benzene rings is 4. The molecule has 2 amide bonds. The molecule has 4 aromatic carbocycles. The Kier molecular flexibility index (Phi) is 12.1. The van der Waals surface area contributed by atoms with E-state index in [4.69, 9.17) is 9.47 Å². The van der Waals surface area contributed by atoms with Gasteiger partial charge in [0.15, 0.2) is 0 Å². The molecule has 0 radical (unpaired) electrons. The number of rotatable bonds is 14. The highest BCUT2D eigenvalue weighted by Gasteiger charge is 2.26. The maximum Gasteiger partial charge on any atom is 0.329 e. The number of esters is 2. The molecule has 0 aliphatic heterocycles. The van der Waals surface area contributed by atoms with Crippen molar-refractivity contribution in [3.63, 3.8) is 0 Å². The number of hydrogen-bond acceptors (Lipinski definition) is 5. The minimum absolute atomic E-state index is 0.0387. The maximum atomic E-state index is 13.5. The molecule has 0 bridgehead atoms. The van der Waals surface area contributed by atoms with Gasteiger partial charge in [0.25, 0.3) is 0 Å². The average molecular weight is 593 g/mol. The molecule has 0 aliphatic rings. The first-order chi connectivity index (χ1) is 21.4. The van der Waals surface area contributed by atoms with Gasteiger partial charge in [0, 0.05) is 19.5 Å². The SMILES string of the molecule is CC(C)CN(CCC(=O)OCc1ccccc1)C(=O)N[C@@H](Cc1ccc(-c2ccccc2)cc1)C(=O)OCc1ccccc1. The quantitative estimate of drug-likeness (QED) is 0.163. The minimum Gasteiger partial charge on any atom is -0.461 e. The molecule has 1 atom stereocenters. The van der Waals surface area contributed by atoms with Crippen molar-refractivity contribution in [1.82, 2.24) is 10.2 Å². The summed E-state index contributed by atoms with van der Waals surface area (Å²) in [5.74, 6) is -0.774.